The zero-order chi connectivity index (χ0) is 12.3. The fraction of sp³-hybridized carbons (Fsp3) is 0.273. The lowest BCUT2D eigenvalue weighted by molar-refractivity contribution is 0.247. The lowest BCUT2D eigenvalue weighted by Gasteiger charge is -2.04. The number of hydrogen-bond acceptors (Lipinski definition) is 6. The fourth-order valence-electron chi connectivity index (χ4n) is 1.35. The van der Waals surface area contributed by atoms with E-state index in [2.05, 4.69) is 10.2 Å². The number of rotatable bonds is 4. The first-order valence-electron chi connectivity index (χ1n) is 5.14. The molecule has 2 N–H and O–H groups in total. The van der Waals surface area contributed by atoms with Crippen LogP contribution in [0.25, 0.3) is 11.5 Å². The van der Waals surface area contributed by atoms with Gasteiger partial charge in [0.05, 0.1) is 19.4 Å². The van der Waals surface area contributed by atoms with E-state index in [1.54, 1.807) is 25.3 Å². The lowest BCUT2D eigenvalue weighted by Crippen LogP contribution is -1.92. The summed E-state index contributed by atoms with van der Waals surface area (Å²) < 4.78 is 15.5. The quantitative estimate of drug-likeness (QED) is 0.812. The number of nitrogen functional groups attached to an aromatic ring is 1. The van der Waals surface area contributed by atoms with Gasteiger partial charge in [-0.05, 0) is 25.1 Å². The molecule has 0 aliphatic heterocycles. The van der Waals surface area contributed by atoms with Gasteiger partial charge in [-0.1, -0.05) is 5.10 Å². The van der Waals surface area contributed by atoms with Crippen LogP contribution in [0.1, 0.15) is 6.92 Å². The highest BCUT2D eigenvalue weighted by Gasteiger charge is 2.11. The molecule has 0 bridgehead atoms. The van der Waals surface area contributed by atoms with Crippen LogP contribution in [0.2, 0.25) is 0 Å². The zero-order valence-corrected chi connectivity index (χ0v) is 9.64. The maximum absolute atomic E-state index is 5.71. The molecule has 0 atom stereocenters. The van der Waals surface area contributed by atoms with E-state index in [4.69, 9.17) is 19.6 Å². The van der Waals surface area contributed by atoms with Crippen molar-refractivity contribution in [2.45, 2.75) is 6.92 Å². The molecule has 0 saturated heterocycles. The highest BCUT2D eigenvalue weighted by atomic mass is 16.6. The van der Waals surface area contributed by atoms with Gasteiger partial charge in [0.25, 0.3) is 5.89 Å². The van der Waals surface area contributed by atoms with E-state index < -0.39 is 0 Å². The average Bonchev–Trinajstić information content (AvgIpc) is 2.79. The van der Waals surface area contributed by atoms with Gasteiger partial charge in [-0.25, -0.2) is 0 Å². The Kier molecular flexibility index (Phi) is 3.13. The molecule has 6 nitrogen and oxygen atoms in total. The largest absolute Gasteiger partial charge is 0.495 e. The van der Waals surface area contributed by atoms with Crippen molar-refractivity contribution in [3.05, 3.63) is 18.2 Å². The van der Waals surface area contributed by atoms with Crippen molar-refractivity contribution in [3.63, 3.8) is 0 Å². The lowest BCUT2D eigenvalue weighted by atomic mass is 10.2. The molecule has 0 unspecified atom stereocenters. The predicted octanol–water partition coefficient (Wildman–Crippen LogP) is 1.73. The number of ether oxygens (including phenoxy) is 2. The molecule has 0 aliphatic carbocycles. The molecule has 0 radical (unpaired) electrons. The van der Waals surface area contributed by atoms with Gasteiger partial charge in [0.2, 0.25) is 0 Å². The van der Waals surface area contributed by atoms with E-state index in [-0.39, 0.29) is 6.08 Å². The van der Waals surface area contributed by atoms with Gasteiger partial charge in [-0.2, -0.15) is 0 Å². The maximum Gasteiger partial charge on any atom is 0.414 e. The van der Waals surface area contributed by atoms with Gasteiger partial charge >= 0.3 is 6.08 Å². The Bertz CT molecular complexity index is 510. The highest BCUT2D eigenvalue weighted by Crippen LogP contribution is 2.28. The second-order valence-electron chi connectivity index (χ2n) is 3.26. The molecule has 1 aromatic heterocycles. The molecule has 0 saturated carbocycles. The standard InChI is InChI=1S/C11H13N3O3/c1-3-16-11-14-13-10(17-11)7-4-5-8(12)9(6-7)15-2/h4-6H,3,12H2,1-2H3. The summed E-state index contributed by atoms with van der Waals surface area (Å²) in [4.78, 5) is 0. The van der Waals surface area contributed by atoms with E-state index in [1.807, 2.05) is 6.92 Å². The smallest absolute Gasteiger partial charge is 0.414 e. The summed E-state index contributed by atoms with van der Waals surface area (Å²) in [6.07, 6.45) is 0.151. The fourth-order valence-corrected chi connectivity index (χ4v) is 1.35. The minimum absolute atomic E-state index is 0.151. The first-order chi connectivity index (χ1) is 8.24. The third-order valence-electron chi connectivity index (χ3n) is 2.15. The van der Waals surface area contributed by atoms with Crippen LogP contribution < -0.4 is 15.2 Å². The molecule has 2 aromatic rings. The van der Waals surface area contributed by atoms with Crippen molar-refractivity contribution >= 4 is 5.69 Å². The second kappa shape index (κ2) is 4.73. The van der Waals surface area contributed by atoms with Crippen molar-refractivity contribution in [2.24, 2.45) is 0 Å². The number of benzene rings is 1. The van der Waals surface area contributed by atoms with Crippen molar-refractivity contribution in [1.82, 2.24) is 10.2 Å². The van der Waals surface area contributed by atoms with Crippen LogP contribution in [0.15, 0.2) is 22.6 Å². The number of anilines is 1. The molecule has 6 heteroatoms. The van der Waals surface area contributed by atoms with Crippen molar-refractivity contribution < 1.29 is 13.9 Å². The van der Waals surface area contributed by atoms with Crippen molar-refractivity contribution in [2.75, 3.05) is 19.5 Å². The van der Waals surface area contributed by atoms with Crippen LogP contribution in [0.5, 0.6) is 11.8 Å². The Hall–Kier alpha value is -2.24. The van der Waals surface area contributed by atoms with Crippen LogP contribution in [-0.2, 0) is 0 Å². The Balaban J connectivity index is 2.32. The molecule has 0 aliphatic rings. The number of hydrogen-bond donors (Lipinski definition) is 1. The Labute approximate surface area is 98.4 Å². The van der Waals surface area contributed by atoms with Crippen LogP contribution in [0.3, 0.4) is 0 Å². The predicted molar refractivity (Wildman–Crippen MR) is 61.9 cm³/mol. The minimum Gasteiger partial charge on any atom is -0.495 e. The zero-order valence-electron chi connectivity index (χ0n) is 9.64. The summed E-state index contributed by atoms with van der Waals surface area (Å²) in [5.74, 6) is 0.936. The van der Waals surface area contributed by atoms with E-state index in [9.17, 15) is 0 Å². The first-order valence-corrected chi connectivity index (χ1v) is 5.14. The number of nitrogens with two attached hydrogens (primary N) is 1. The highest BCUT2D eigenvalue weighted by molar-refractivity contribution is 5.64. The summed E-state index contributed by atoms with van der Waals surface area (Å²) in [5.41, 5.74) is 7.00. The molecule has 1 heterocycles. The first kappa shape index (κ1) is 11.3. The summed E-state index contributed by atoms with van der Waals surface area (Å²) in [6, 6.07) is 5.23. The normalized spacial score (nSPS) is 10.2. The maximum atomic E-state index is 5.71. The third kappa shape index (κ3) is 2.30. The van der Waals surface area contributed by atoms with Crippen molar-refractivity contribution in [3.8, 4) is 23.3 Å². The van der Waals surface area contributed by atoms with Gasteiger partial charge in [-0.3, -0.25) is 0 Å². The van der Waals surface area contributed by atoms with Gasteiger partial charge in [0.15, 0.2) is 0 Å². The Morgan fingerprint density at radius 3 is 2.88 bits per heavy atom. The average molecular weight is 235 g/mol. The molecular formula is C11H13N3O3. The Morgan fingerprint density at radius 2 is 2.18 bits per heavy atom. The van der Waals surface area contributed by atoms with Crippen molar-refractivity contribution in [1.29, 1.82) is 0 Å². The molecule has 17 heavy (non-hydrogen) atoms. The van der Waals surface area contributed by atoms with Crippen LogP contribution in [-0.4, -0.2) is 23.9 Å². The topological polar surface area (TPSA) is 83.4 Å². The summed E-state index contributed by atoms with van der Waals surface area (Å²) in [6.45, 7) is 2.32. The van der Waals surface area contributed by atoms with Gasteiger partial charge in [-0.15, -0.1) is 5.10 Å². The van der Waals surface area contributed by atoms with Crippen LogP contribution >= 0.6 is 0 Å². The Morgan fingerprint density at radius 1 is 1.35 bits per heavy atom. The minimum atomic E-state index is 0.151. The van der Waals surface area contributed by atoms with Gasteiger partial charge < -0.3 is 19.6 Å². The van der Waals surface area contributed by atoms with E-state index in [1.165, 1.54) is 0 Å². The molecule has 0 amide bonds. The third-order valence-corrected chi connectivity index (χ3v) is 2.15. The van der Waals surface area contributed by atoms with Crippen LogP contribution in [0, 0.1) is 0 Å². The van der Waals surface area contributed by atoms with E-state index in [0.717, 1.165) is 5.56 Å². The van der Waals surface area contributed by atoms with E-state index in [0.29, 0.717) is 23.9 Å². The number of methoxy groups -OCH3 is 1. The number of nitrogens with zero attached hydrogens (tertiary/aromatic N) is 2. The molecule has 90 valence electrons. The summed E-state index contributed by atoms with van der Waals surface area (Å²) in [5, 5.41) is 7.62. The SMILES string of the molecule is CCOc1nnc(-c2ccc(N)c(OC)c2)o1. The van der Waals surface area contributed by atoms with Crippen LogP contribution in [0.4, 0.5) is 5.69 Å². The summed E-state index contributed by atoms with van der Waals surface area (Å²) >= 11 is 0. The molecule has 0 fully saturated rings. The molecule has 2 rings (SSSR count). The van der Waals surface area contributed by atoms with E-state index >= 15 is 0 Å². The summed E-state index contributed by atoms with van der Waals surface area (Å²) in [7, 11) is 1.55. The van der Waals surface area contributed by atoms with Gasteiger partial charge in [0.1, 0.15) is 5.75 Å². The number of aromatic nitrogens is 2. The monoisotopic (exact) mass is 235 g/mol. The van der Waals surface area contributed by atoms with Gasteiger partial charge in [0, 0.05) is 5.56 Å². The molecular weight excluding hydrogens is 222 g/mol. The molecule has 1 aromatic carbocycles. The molecule has 0 spiro atoms. The second-order valence-corrected chi connectivity index (χ2v) is 3.26.